The number of nitrogens with one attached hydrogen (secondary N) is 2. The van der Waals surface area contributed by atoms with Gasteiger partial charge < -0.3 is 24.8 Å². The summed E-state index contributed by atoms with van der Waals surface area (Å²) in [6.07, 6.45) is 2.82. The number of aryl methyl sites for hydroxylation is 1. The van der Waals surface area contributed by atoms with Crippen LogP contribution in [0.25, 0.3) is 0 Å². The Morgan fingerprint density at radius 2 is 1.63 bits per heavy atom. The number of rotatable bonds is 11. The monoisotopic (exact) mass is 527 g/mol. The van der Waals surface area contributed by atoms with Crippen LogP contribution < -0.4 is 24.8 Å². The van der Waals surface area contributed by atoms with Gasteiger partial charge in [0.1, 0.15) is 5.75 Å². The first kappa shape index (κ1) is 25.9. The van der Waals surface area contributed by atoms with Crippen LogP contribution in [0.3, 0.4) is 0 Å². The molecule has 0 amide bonds. The highest BCUT2D eigenvalue weighted by atomic mass is 127. The van der Waals surface area contributed by atoms with Gasteiger partial charge in [0.25, 0.3) is 0 Å². The third-order valence-corrected chi connectivity index (χ3v) is 4.57. The molecule has 0 spiro atoms. The van der Waals surface area contributed by atoms with E-state index < -0.39 is 0 Å². The molecule has 0 bridgehead atoms. The average molecular weight is 527 g/mol. The van der Waals surface area contributed by atoms with E-state index in [9.17, 15) is 0 Å². The molecule has 166 valence electrons. The fourth-order valence-corrected chi connectivity index (χ4v) is 3.09. The summed E-state index contributed by atoms with van der Waals surface area (Å²) in [4.78, 5) is 4.29. The summed E-state index contributed by atoms with van der Waals surface area (Å²) in [5.41, 5.74) is 2.41. The molecule has 2 N–H and O–H groups in total. The Bertz CT molecular complexity index is 784. The maximum absolute atomic E-state index is 5.65. The predicted molar refractivity (Wildman–Crippen MR) is 134 cm³/mol. The van der Waals surface area contributed by atoms with Crippen LogP contribution in [0.2, 0.25) is 0 Å². The second-order valence-electron chi connectivity index (χ2n) is 6.51. The van der Waals surface area contributed by atoms with Crippen LogP contribution in [0.15, 0.2) is 47.5 Å². The number of para-hydroxylation sites is 1. The summed E-state index contributed by atoms with van der Waals surface area (Å²) in [5.74, 6) is 3.30. The minimum Gasteiger partial charge on any atom is -0.496 e. The molecule has 0 heterocycles. The predicted octanol–water partition coefficient (Wildman–Crippen LogP) is 4.06. The van der Waals surface area contributed by atoms with Gasteiger partial charge in [-0.15, -0.1) is 24.0 Å². The largest absolute Gasteiger partial charge is 0.496 e. The van der Waals surface area contributed by atoms with Crippen LogP contribution in [0, 0.1) is 0 Å². The van der Waals surface area contributed by atoms with Gasteiger partial charge in [-0.3, -0.25) is 4.99 Å². The lowest BCUT2D eigenvalue weighted by molar-refractivity contribution is 0.310. The molecule has 2 aromatic carbocycles. The number of benzene rings is 2. The van der Waals surface area contributed by atoms with Crippen molar-refractivity contribution in [1.29, 1.82) is 0 Å². The molecule has 0 fully saturated rings. The Labute approximate surface area is 197 Å². The van der Waals surface area contributed by atoms with E-state index in [1.54, 1.807) is 21.3 Å². The maximum Gasteiger partial charge on any atom is 0.190 e. The van der Waals surface area contributed by atoms with Crippen LogP contribution in [0.1, 0.15) is 24.5 Å². The van der Waals surface area contributed by atoms with Gasteiger partial charge in [0.05, 0.1) is 20.8 Å². The van der Waals surface area contributed by atoms with Gasteiger partial charge in [-0.05, 0) is 55.5 Å². The molecule has 2 aromatic rings. The van der Waals surface area contributed by atoms with Gasteiger partial charge in [0.15, 0.2) is 17.5 Å². The van der Waals surface area contributed by atoms with Crippen LogP contribution in [0.5, 0.6) is 17.2 Å². The van der Waals surface area contributed by atoms with E-state index in [0.29, 0.717) is 6.61 Å². The number of aliphatic imine (C=N–C) groups is 1. The van der Waals surface area contributed by atoms with Gasteiger partial charge in [-0.25, -0.2) is 0 Å². The zero-order valence-corrected chi connectivity index (χ0v) is 20.7. The van der Waals surface area contributed by atoms with Crippen molar-refractivity contribution in [2.45, 2.75) is 26.2 Å². The average Bonchev–Trinajstić information content (AvgIpc) is 2.76. The fourth-order valence-electron chi connectivity index (χ4n) is 3.09. The molecular weight excluding hydrogens is 493 g/mol. The number of hydrogen-bond acceptors (Lipinski definition) is 4. The molecular formula is C23H34IN3O3. The van der Waals surface area contributed by atoms with E-state index in [1.165, 1.54) is 11.1 Å². The van der Waals surface area contributed by atoms with E-state index in [0.717, 1.165) is 55.6 Å². The van der Waals surface area contributed by atoms with Gasteiger partial charge >= 0.3 is 0 Å². The van der Waals surface area contributed by atoms with Gasteiger partial charge in [0, 0.05) is 20.1 Å². The van der Waals surface area contributed by atoms with E-state index in [2.05, 4.69) is 33.8 Å². The molecule has 0 unspecified atom stereocenters. The summed E-state index contributed by atoms with van der Waals surface area (Å²) in [6, 6.07) is 14.2. The first-order valence-corrected chi connectivity index (χ1v) is 10.1. The SMILES string of the molecule is CCOc1cc(CCCNC(=NC)NCCc2ccccc2OC)ccc1OC.I. The summed E-state index contributed by atoms with van der Waals surface area (Å²) in [6.45, 7) is 4.22. The third kappa shape index (κ3) is 8.30. The molecule has 0 aliphatic rings. The third-order valence-electron chi connectivity index (χ3n) is 4.57. The van der Waals surface area contributed by atoms with Crippen molar-refractivity contribution in [2.75, 3.05) is 41.0 Å². The highest BCUT2D eigenvalue weighted by Crippen LogP contribution is 2.28. The van der Waals surface area contributed by atoms with Crippen LogP contribution in [0.4, 0.5) is 0 Å². The van der Waals surface area contributed by atoms with Crippen LogP contribution in [-0.2, 0) is 12.8 Å². The molecule has 0 aromatic heterocycles. The highest BCUT2D eigenvalue weighted by molar-refractivity contribution is 14.0. The van der Waals surface area contributed by atoms with E-state index in [4.69, 9.17) is 14.2 Å². The molecule has 0 saturated carbocycles. The van der Waals surface area contributed by atoms with Crippen molar-refractivity contribution in [2.24, 2.45) is 4.99 Å². The number of ether oxygens (including phenoxy) is 3. The van der Waals surface area contributed by atoms with Crippen molar-refractivity contribution in [3.63, 3.8) is 0 Å². The Morgan fingerprint density at radius 1 is 0.900 bits per heavy atom. The molecule has 0 atom stereocenters. The minimum atomic E-state index is 0. The van der Waals surface area contributed by atoms with Crippen molar-refractivity contribution >= 4 is 29.9 Å². The van der Waals surface area contributed by atoms with Gasteiger partial charge in [-0.2, -0.15) is 0 Å². The summed E-state index contributed by atoms with van der Waals surface area (Å²) >= 11 is 0. The summed E-state index contributed by atoms with van der Waals surface area (Å²) in [5, 5.41) is 6.72. The van der Waals surface area contributed by atoms with Crippen molar-refractivity contribution in [3.05, 3.63) is 53.6 Å². The normalized spacial score (nSPS) is 10.7. The lowest BCUT2D eigenvalue weighted by atomic mass is 10.1. The fraction of sp³-hybridized carbons (Fsp3) is 0.435. The van der Waals surface area contributed by atoms with Crippen molar-refractivity contribution in [1.82, 2.24) is 10.6 Å². The Hall–Kier alpha value is -2.16. The number of nitrogens with zero attached hydrogens (tertiary/aromatic N) is 1. The second kappa shape index (κ2) is 14.8. The number of hydrogen-bond donors (Lipinski definition) is 2. The maximum atomic E-state index is 5.65. The second-order valence-corrected chi connectivity index (χ2v) is 6.51. The summed E-state index contributed by atoms with van der Waals surface area (Å²) < 4.78 is 16.4. The van der Waals surface area contributed by atoms with Crippen molar-refractivity contribution < 1.29 is 14.2 Å². The van der Waals surface area contributed by atoms with E-state index >= 15 is 0 Å². The van der Waals surface area contributed by atoms with E-state index in [-0.39, 0.29) is 24.0 Å². The lowest BCUT2D eigenvalue weighted by Gasteiger charge is -2.14. The highest BCUT2D eigenvalue weighted by Gasteiger charge is 2.06. The van der Waals surface area contributed by atoms with E-state index in [1.807, 2.05) is 31.2 Å². The summed E-state index contributed by atoms with van der Waals surface area (Å²) in [7, 11) is 5.15. The zero-order chi connectivity index (χ0) is 20.9. The lowest BCUT2D eigenvalue weighted by Crippen LogP contribution is -2.38. The minimum absolute atomic E-state index is 0. The molecule has 30 heavy (non-hydrogen) atoms. The number of halogens is 1. The smallest absolute Gasteiger partial charge is 0.190 e. The molecule has 0 aliphatic carbocycles. The topological polar surface area (TPSA) is 64.1 Å². The van der Waals surface area contributed by atoms with Gasteiger partial charge in [-0.1, -0.05) is 24.3 Å². The molecule has 0 saturated heterocycles. The zero-order valence-electron chi connectivity index (χ0n) is 18.4. The van der Waals surface area contributed by atoms with Gasteiger partial charge in [0.2, 0.25) is 0 Å². The first-order chi connectivity index (χ1) is 14.2. The standard InChI is InChI=1S/C23H33N3O3.HI/c1-5-29-22-17-18(12-13-21(22)28-4)9-8-15-25-23(24-2)26-16-14-19-10-6-7-11-20(19)27-3;/h6-7,10-13,17H,5,8-9,14-16H2,1-4H3,(H2,24,25,26);1H. The number of methoxy groups -OCH3 is 2. The molecule has 6 nitrogen and oxygen atoms in total. The Balaban J connectivity index is 0.00000450. The Morgan fingerprint density at radius 3 is 2.33 bits per heavy atom. The molecule has 0 aliphatic heterocycles. The molecule has 2 rings (SSSR count). The van der Waals surface area contributed by atoms with Crippen molar-refractivity contribution in [3.8, 4) is 17.2 Å². The first-order valence-electron chi connectivity index (χ1n) is 10.1. The number of guanidine groups is 1. The van der Waals surface area contributed by atoms with Crippen LogP contribution >= 0.6 is 24.0 Å². The Kier molecular flexibility index (Phi) is 12.7. The van der Waals surface area contributed by atoms with Crippen LogP contribution in [-0.4, -0.2) is 46.9 Å². The quantitative estimate of drug-likeness (QED) is 0.200. The molecule has 7 heteroatoms. The molecule has 0 radical (unpaired) electrons.